The van der Waals surface area contributed by atoms with Gasteiger partial charge >= 0.3 is 0 Å². The van der Waals surface area contributed by atoms with Crippen molar-refractivity contribution in [1.29, 1.82) is 0 Å². The highest BCUT2D eigenvalue weighted by Crippen LogP contribution is 2.70. The van der Waals surface area contributed by atoms with E-state index in [9.17, 15) is 0 Å². The Morgan fingerprint density at radius 2 is 1.12 bits per heavy atom. The number of fused-ring (bicyclic) bond motifs is 2. The largest absolute Gasteiger partial charge is 0.0689 e. The summed E-state index contributed by atoms with van der Waals surface area (Å²) in [6, 6.07) is 28.8. The van der Waals surface area contributed by atoms with E-state index >= 15 is 0 Å². The molecule has 10 atom stereocenters. The zero-order chi connectivity index (χ0) is 35.9. The smallest absolute Gasteiger partial charge is 0.0547 e. The Morgan fingerprint density at radius 3 is 1.75 bits per heavy atom. The summed E-state index contributed by atoms with van der Waals surface area (Å²) in [6.45, 7) is 23.2. The van der Waals surface area contributed by atoms with Crippen molar-refractivity contribution >= 4 is 8.07 Å². The van der Waals surface area contributed by atoms with E-state index in [1.165, 1.54) is 75.3 Å². The summed E-state index contributed by atoms with van der Waals surface area (Å²) < 4.78 is 0. The van der Waals surface area contributed by atoms with Crippen LogP contribution in [0.2, 0.25) is 24.2 Å². The molecule has 0 aromatic heterocycles. The van der Waals surface area contributed by atoms with Crippen molar-refractivity contribution in [3.63, 3.8) is 0 Å². The molecule has 0 bridgehead atoms. The molecule has 5 aliphatic rings. The summed E-state index contributed by atoms with van der Waals surface area (Å²) in [5, 5.41) is 0. The molecule has 0 amide bonds. The van der Waals surface area contributed by atoms with E-state index in [2.05, 4.69) is 134 Å². The second-order valence-electron chi connectivity index (χ2n) is 21.4. The summed E-state index contributed by atoms with van der Waals surface area (Å²) in [5.74, 6) is 8.03. The second-order valence-corrected chi connectivity index (χ2v) is 26.3. The maximum atomic E-state index is 2.96. The van der Waals surface area contributed by atoms with E-state index in [0.717, 1.165) is 64.3 Å². The van der Waals surface area contributed by atoms with Gasteiger partial charge in [-0.25, -0.2) is 0 Å². The van der Waals surface area contributed by atoms with Crippen LogP contribution in [0, 0.1) is 41.4 Å². The Kier molecular flexibility index (Phi) is 9.37. The number of benzene rings is 3. The molecule has 0 aliphatic heterocycles. The summed E-state index contributed by atoms with van der Waals surface area (Å²) in [4.78, 5) is 0. The molecule has 0 N–H and O–H groups in total. The fraction of sp³-hybridized carbons (Fsp3) is 0.640. The minimum atomic E-state index is -1.62. The molecule has 0 radical (unpaired) electrons. The van der Waals surface area contributed by atoms with Crippen molar-refractivity contribution in [3.05, 3.63) is 95.1 Å². The molecule has 3 aromatic rings. The lowest BCUT2D eigenvalue weighted by Gasteiger charge is -2.49. The molecule has 10 unspecified atom stereocenters. The van der Waals surface area contributed by atoms with Gasteiger partial charge in [0.1, 0.15) is 0 Å². The quantitative estimate of drug-likeness (QED) is 0.225. The summed E-state index contributed by atoms with van der Waals surface area (Å²) in [7, 11) is -1.62. The van der Waals surface area contributed by atoms with Crippen LogP contribution in [0.4, 0.5) is 0 Å². The topological polar surface area (TPSA) is 0 Å². The predicted molar refractivity (Wildman–Crippen MR) is 222 cm³/mol. The van der Waals surface area contributed by atoms with Crippen LogP contribution in [0.25, 0.3) is 11.1 Å². The molecule has 8 rings (SSSR count). The molecule has 274 valence electrons. The molecule has 0 spiro atoms. The Labute approximate surface area is 314 Å². The maximum absolute atomic E-state index is 2.96. The average molecular weight is 699 g/mol. The molecule has 3 aromatic carbocycles. The van der Waals surface area contributed by atoms with E-state index in [1.54, 1.807) is 22.3 Å². The van der Waals surface area contributed by atoms with Gasteiger partial charge in [-0.15, -0.1) is 0 Å². The Bertz CT molecular complexity index is 1650. The Morgan fingerprint density at radius 1 is 0.549 bits per heavy atom. The number of hydrogen-bond acceptors (Lipinski definition) is 0. The van der Waals surface area contributed by atoms with Gasteiger partial charge in [-0.1, -0.05) is 160 Å². The normalized spacial score (nSPS) is 34.3. The molecule has 5 fully saturated rings. The van der Waals surface area contributed by atoms with Crippen molar-refractivity contribution in [1.82, 2.24) is 0 Å². The summed E-state index contributed by atoms with van der Waals surface area (Å²) in [6.07, 6.45) is 14.7. The average Bonchev–Trinajstić information content (AvgIpc) is 3.77. The zero-order valence-electron chi connectivity index (χ0n) is 33.9. The van der Waals surface area contributed by atoms with Gasteiger partial charge in [-0.05, 0) is 147 Å². The van der Waals surface area contributed by atoms with Crippen LogP contribution in [0.15, 0.2) is 72.8 Å². The van der Waals surface area contributed by atoms with Crippen LogP contribution in [0.5, 0.6) is 0 Å². The standard InChI is InChI=1S/C50H70Si/c1-32-27-45-39(35-28-36(49(2,3)4)30-37(29-35)50(5,6)7)21-15-23-42(45)47(32)51(8,9)48-43-24-16-22-41(46(43)31-44(48)34-25-26-34)40-20-14-13-19-38(40)33-17-11-10-12-18-33/h10-14,17-20,28-30,32,34,39,41-48H,15-16,21-27,31H2,1-9H3. The van der Waals surface area contributed by atoms with Gasteiger partial charge in [0.25, 0.3) is 0 Å². The van der Waals surface area contributed by atoms with E-state index in [4.69, 9.17) is 0 Å². The third-order valence-electron chi connectivity index (χ3n) is 15.9. The van der Waals surface area contributed by atoms with E-state index in [0.29, 0.717) is 0 Å². The number of hydrogen-bond donors (Lipinski definition) is 0. The van der Waals surface area contributed by atoms with Crippen LogP contribution >= 0.6 is 0 Å². The lowest BCUT2D eigenvalue weighted by molar-refractivity contribution is 0.226. The van der Waals surface area contributed by atoms with Gasteiger partial charge in [0.2, 0.25) is 0 Å². The van der Waals surface area contributed by atoms with E-state index in [1.807, 2.05) is 0 Å². The van der Waals surface area contributed by atoms with Gasteiger partial charge in [-0.2, -0.15) is 0 Å². The van der Waals surface area contributed by atoms with Gasteiger partial charge < -0.3 is 0 Å². The molecular weight excluding hydrogens is 629 g/mol. The highest BCUT2D eigenvalue weighted by atomic mass is 28.3. The minimum absolute atomic E-state index is 0.181. The molecule has 5 aliphatic carbocycles. The third-order valence-corrected chi connectivity index (χ3v) is 21.2. The van der Waals surface area contributed by atoms with E-state index < -0.39 is 8.07 Å². The zero-order valence-corrected chi connectivity index (χ0v) is 34.9. The van der Waals surface area contributed by atoms with Crippen LogP contribution in [0.3, 0.4) is 0 Å². The van der Waals surface area contributed by atoms with Crippen LogP contribution < -0.4 is 0 Å². The van der Waals surface area contributed by atoms with Gasteiger partial charge in [-0.3, -0.25) is 0 Å². The number of rotatable bonds is 6. The summed E-state index contributed by atoms with van der Waals surface area (Å²) in [5.41, 5.74) is 11.8. The highest BCUT2D eigenvalue weighted by Gasteiger charge is 2.62. The lowest BCUT2D eigenvalue weighted by atomic mass is 9.69. The second kappa shape index (κ2) is 13.3. The monoisotopic (exact) mass is 699 g/mol. The molecular formula is C50H70Si. The van der Waals surface area contributed by atoms with Crippen LogP contribution in [-0.4, -0.2) is 8.07 Å². The van der Waals surface area contributed by atoms with Crippen LogP contribution in [-0.2, 0) is 10.8 Å². The molecule has 0 heterocycles. The van der Waals surface area contributed by atoms with Crippen molar-refractivity contribution < 1.29 is 0 Å². The first kappa shape index (κ1) is 35.9. The van der Waals surface area contributed by atoms with Gasteiger partial charge in [0, 0.05) is 0 Å². The molecule has 1 heteroatoms. The van der Waals surface area contributed by atoms with Crippen molar-refractivity contribution in [3.8, 4) is 11.1 Å². The third kappa shape index (κ3) is 6.57. The highest BCUT2D eigenvalue weighted by molar-refractivity contribution is 6.80. The van der Waals surface area contributed by atoms with Crippen LogP contribution in [0.1, 0.15) is 147 Å². The molecule has 0 nitrogen and oxygen atoms in total. The molecule has 51 heavy (non-hydrogen) atoms. The van der Waals surface area contributed by atoms with Gasteiger partial charge in [0.05, 0.1) is 8.07 Å². The first-order chi connectivity index (χ1) is 24.2. The fourth-order valence-electron chi connectivity index (χ4n) is 13.8. The molecule has 5 saturated carbocycles. The van der Waals surface area contributed by atoms with Crippen molar-refractivity contribution in [2.75, 3.05) is 0 Å². The molecule has 0 saturated heterocycles. The van der Waals surface area contributed by atoms with E-state index in [-0.39, 0.29) is 10.8 Å². The summed E-state index contributed by atoms with van der Waals surface area (Å²) >= 11 is 0. The SMILES string of the molecule is CC1CC2C(c3cc(C(C)(C)C)cc(C(C)(C)C)c3)CCCC2C1[Si](C)(C)C1C(C2CC2)CC2C(c3ccccc3-c3ccccc3)CCCC21. The lowest BCUT2D eigenvalue weighted by Crippen LogP contribution is -2.47. The minimum Gasteiger partial charge on any atom is -0.0689 e. The Balaban J connectivity index is 1.12. The first-order valence-electron chi connectivity index (χ1n) is 21.5. The van der Waals surface area contributed by atoms with Crippen molar-refractivity contribution in [2.45, 2.75) is 160 Å². The van der Waals surface area contributed by atoms with Gasteiger partial charge in [0.15, 0.2) is 0 Å². The Hall–Kier alpha value is -2.12. The first-order valence-corrected chi connectivity index (χ1v) is 24.7. The maximum Gasteiger partial charge on any atom is 0.0547 e. The predicted octanol–water partition coefficient (Wildman–Crippen LogP) is 14.6. The fourth-order valence-corrected chi connectivity index (χ4v) is 20.4. The van der Waals surface area contributed by atoms with Crippen molar-refractivity contribution in [2.24, 2.45) is 41.4 Å².